The molecule has 0 heterocycles. The van der Waals surface area contributed by atoms with Crippen LogP contribution in [0.3, 0.4) is 0 Å². The Balaban J connectivity index is 4.85. The highest BCUT2D eigenvalue weighted by Crippen LogP contribution is 2.49. The number of hydrogen-bond donors (Lipinski definition) is 0. The second-order valence-corrected chi connectivity index (χ2v) is 3.09. The Morgan fingerprint density at radius 1 is 0.812 bits per heavy atom. The van der Waals surface area contributed by atoms with E-state index in [1.54, 1.807) is 0 Å². The molecular weight excluding hydrogens is 255 g/mol. The molecule has 0 amide bonds. The van der Waals surface area contributed by atoms with Crippen LogP contribution in [0.4, 0.5) is 39.5 Å². The van der Waals surface area contributed by atoms with Gasteiger partial charge < -0.3 is 0 Å². The fourth-order valence-electron chi connectivity index (χ4n) is 0.877. The van der Waals surface area contributed by atoms with Crippen LogP contribution in [-0.2, 0) is 0 Å². The van der Waals surface area contributed by atoms with Crippen LogP contribution in [0.1, 0.15) is 12.8 Å². The Kier molecular flexibility index (Phi) is 4.52. The molecule has 0 aliphatic carbocycles. The lowest BCUT2D eigenvalue weighted by Gasteiger charge is -2.30. The average Bonchev–Trinajstić information content (AvgIpc) is 2.09. The maximum atomic E-state index is 12.8. The number of rotatable bonds is 4. The van der Waals surface area contributed by atoms with Crippen molar-refractivity contribution < 1.29 is 39.5 Å². The van der Waals surface area contributed by atoms with E-state index in [4.69, 9.17) is 0 Å². The summed E-state index contributed by atoms with van der Waals surface area (Å²) in [6.07, 6.45) is -18.6. The van der Waals surface area contributed by atoms with Gasteiger partial charge in [-0.05, 0) is 6.42 Å². The first kappa shape index (κ1) is 15.4. The van der Waals surface area contributed by atoms with Gasteiger partial charge in [-0.25, -0.2) is 13.2 Å². The molecule has 0 N–H and O–H groups in total. The van der Waals surface area contributed by atoms with Gasteiger partial charge in [-0.2, -0.15) is 26.3 Å². The zero-order chi connectivity index (χ0) is 13.2. The van der Waals surface area contributed by atoms with Crippen molar-refractivity contribution in [3.05, 3.63) is 0 Å². The molecule has 0 nitrogen and oxygen atoms in total. The normalized spacial score (nSPS) is 16.3. The molecule has 0 aromatic carbocycles. The topological polar surface area (TPSA) is 0 Å². The van der Waals surface area contributed by atoms with Crippen molar-refractivity contribution >= 4 is 0 Å². The second kappa shape index (κ2) is 4.70. The minimum absolute atomic E-state index is 1.49. The molecular formula is C7H7F9. The standard InChI is InChI=1S/C7H7F9/c8-3-4(9)1-2-5(10,6(11,12)13)7(14,15)16/h4H,1-3H2. The van der Waals surface area contributed by atoms with Crippen molar-refractivity contribution in [1.82, 2.24) is 0 Å². The zero-order valence-corrected chi connectivity index (χ0v) is 7.60. The van der Waals surface area contributed by atoms with E-state index in [9.17, 15) is 39.5 Å². The van der Waals surface area contributed by atoms with E-state index in [1.165, 1.54) is 0 Å². The molecule has 1 atom stereocenters. The van der Waals surface area contributed by atoms with Crippen LogP contribution in [-0.4, -0.2) is 30.9 Å². The fraction of sp³-hybridized carbons (Fsp3) is 1.00. The minimum Gasteiger partial charge on any atom is -0.248 e. The maximum absolute atomic E-state index is 12.8. The summed E-state index contributed by atoms with van der Waals surface area (Å²) in [7, 11) is 0. The molecule has 0 fully saturated rings. The number of hydrogen-bond acceptors (Lipinski definition) is 0. The SMILES string of the molecule is FCC(F)CCC(F)(C(F)(F)F)C(F)(F)F. The second-order valence-electron chi connectivity index (χ2n) is 3.09. The molecule has 0 rings (SSSR count). The molecule has 16 heavy (non-hydrogen) atoms. The lowest BCUT2D eigenvalue weighted by atomic mass is 9.97. The highest BCUT2D eigenvalue weighted by atomic mass is 19.4. The molecule has 9 heteroatoms. The molecule has 0 radical (unpaired) electrons. The summed E-state index contributed by atoms with van der Waals surface area (Å²) in [5.41, 5.74) is -5.50. The van der Waals surface area contributed by atoms with E-state index < -0.39 is 43.7 Å². The molecule has 0 spiro atoms. The quantitative estimate of drug-likeness (QED) is 0.674. The molecule has 0 bridgehead atoms. The monoisotopic (exact) mass is 262 g/mol. The summed E-state index contributed by atoms with van der Waals surface area (Å²) < 4.78 is 107. The van der Waals surface area contributed by atoms with Crippen LogP contribution in [0, 0.1) is 0 Å². The molecule has 98 valence electrons. The molecule has 0 saturated carbocycles. The van der Waals surface area contributed by atoms with Crippen LogP contribution < -0.4 is 0 Å². The van der Waals surface area contributed by atoms with E-state index in [0.717, 1.165) is 0 Å². The average molecular weight is 262 g/mol. The summed E-state index contributed by atoms with van der Waals surface area (Å²) in [5.74, 6) is 0. The molecule has 0 aliphatic heterocycles. The third-order valence-corrected chi connectivity index (χ3v) is 1.87. The van der Waals surface area contributed by atoms with Crippen molar-refractivity contribution in [3.8, 4) is 0 Å². The van der Waals surface area contributed by atoms with Gasteiger partial charge in [-0.3, -0.25) is 0 Å². The first-order chi connectivity index (χ1) is 6.95. The van der Waals surface area contributed by atoms with Crippen molar-refractivity contribution in [2.75, 3.05) is 6.67 Å². The Bertz CT molecular complexity index is 201. The van der Waals surface area contributed by atoms with Gasteiger partial charge in [0.1, 0.15) is 12.8 Å². The van der Waals surface area contributed by atoms with Gasteiger partial charge in [-0.1, -0.05) is 0 Å². The van der Waals surface area contributed by atoms with E-state index in [2.05, 4.69) is 0 Å². The van der Waals surface area contributed by atoms with Gasteiger partial charge in [0.05, 0.1) is 0 Å². The first-order valence-electron chi connectivity index (χ1n) is 3.98. The Hall–Kier alpha value is -0.630. The van der Waals surface area contributed by atoms with E-state index in [1.807, 2.05) is 0 Å². The largest absolute Gasteiger partial charge is 0.431 e. The molecule has 1 unspecified atom stereocenters. The Morgan fingerprint density at radius 3 is 1.44 bits per heavy atom. The van der Waals surface area contributed by atoms with Crippen molar-refractivity contribution in [2.45, 2.75) is 37.0 Å². The summed E-state index contributed by atoms with van der Waals surface area (Å²) in [6, 6.07) is 0. The van der Waals surface area contributed by atoms with Crippen LogP contribution in [0.15, 0.2) is 0 Å². The van der Waals surface area contributed by atoms with Crippen LogP contribution >= 0.6 is 0 Å². The lowest BCUT2D eigenvalue weighted by Crippen LogP contribution is -2.53. The Morgan fingerprint density at radius 2 is 1.19 bits per heavy atom. The van der Waals surface area contributed by atoms with Gasteiger partial charge in [0, 0.05) is 6.42 Å². The third kappa shape index (κ3) is 3.18. The van der Waals surface area contributed by atoms with Gasteiger partial charge >= 0.3 is 12.4 Å². The van der Waals surface area contributed by atoms with Gasteiger partial charge in [-0.15, -0.1) is 0 Å². The summed E-state index contributed by atoms with van der Waals surface area (Å²) >= 11 is 0. The molecule has 0 aromatic heterocycles. The number of halogens is 9. The van der Waals surface area contributed by atoms with Gasteiger partial charge in [0.25, 0.3) is 5.67 Å². The van der Waals surface area contributed by atoms with Crippen molar-refractivity contribution in [3.63, 3.8) is 0 Å². The van der Waals surface area contributed by atoms with Crippen molar-refractivity contribution in [2.24, 2.45) is 0 Å². The van der Waals surface area contributed by atoms with Gasteiger partial charge in [0.15, 0.2) is 0 Å². The van der Waals surface area contributed by atoms with Crippen molar-refractivity contribution in [1.29, 1.82) is 0 Å². The zero-order valence-electron chi connectivity index (χ0n) is 7.60. The predicted octanol–water partition coefficient (Wildman–Crippen LogP) is 3.91. The summed E-state index contributed by atoms with van der Waals surface area (Å²) in [5, 5.41) is 0. The van der Waals surface area contributed by atoms with Crippen LogP contribution in [0.2, 0.25) is 0 Å². The summed E-state index contributed by atoms with van der Waals surface area (Å²) in [6.45, 7) is -1.76. The number of alkyl halides is 9. The molecule has 0 saturated heterocycles. The maximum Gasteiger partial charge on any atom is 0.431 e. The highest BCUT2D eigenvalue weighted by Gasteiger charge is 2.71. The third-order valence-electron chi connectivity index (χ3n) is 1.87. The fourth-order valence-corrected chi connectivity index (χ4v) is 0.877. The minimum atomic E-state index is -6.21. The van der Waals surface area contributed by atoms with Crippen LogP contribution in [0.25, 0.3) is 0 Å². The van der Waals surface area contributed by atoms with E-state index in [0.29, 0.717) is 0 Å². The molecule has 0 aliphatic rings. The first-order valence-corrected chi connectivity index (χ1v) is 3.98. The highest BCUT2D eigenvalue weighted by molar-refractivity contribution is 4.94. The van der Waals surface area contributed by atoms with E-state index in [-0.39, 0.29) is 0 Å². The smallest absolute Gasteiger partial charge is 0.248 e. The molecule has 0 aromatic rings. The van der Waals surface area contributed by atoms with E-state index >= 15 is 0 Å². The Labute approximate surface area is 84.4 Å². The van der Waals surface area contributed by atoms with Gasteiger partial charge in [0.2, 0.25) is 0 Å². The van der Waals surface area contributed by atoms with Crippen LogP contribution in [0.5, 0.6) is 0 Å². The summed E-state index contributed by atoms with van der Waals surface area (Å²) in [4.78, 5) is 0. The predicted molar refractivity (Wildman–Crippen MR) is 36.1 cm³/mol. The lowest BCUT2D eigenvalue weighted by molar-refractivity contribution is -0.343.